The first-order chi connectivity index (χ1) is 21.1. The second kappa shape index (κ2) is 11.4. The smallest absolute Gasteiger partial charge is 0.414 e. The zero-order valence-electron chi connectivity index (χ0n) is 23.7. The van der Waals surface area contributed by atoms with Gasteiger partial charge in [0.2, 0.25) is 11.8 Å². The van der Waals surface area contributed by atoms with Crippen molar-refractivity contribution in [1.29, 1.82) is 0 Å². The Morgan fingerprint density at radius 2 is 1.82 bits per heavy atom. The van der Waals surface area contributed by atoms with Gasteiger partial charge in [0.15, 0.2) is 11.1 Å². The minimum absolute atomic E-state index is 0.0707. The highest BCUT2D eigenvalue weighted by atomic mass is 19.4. The minimum atomic E-state index is -5.21. The first-order valence-electron chi connectivity index (χ1n) is 14.0. The normalized spacial score (nSPS) is 22.9. The molecule has 1 saturated carbocycles. The first-order valence-corrected chi connectivity index (χ1v) is 14.0. The molecule has 1 aliphatic carbocycles. The topological polar surface area (TPSA) is 172 Å². The van der Waals surface area contributed by atoms with E-state index in [1.165, 1.54) is 39.8 Å². The Kier molecular flexibility index (Phi) is 8.03. The molecule has 1 aliphatic heterocycles. The van der Waals surface area contributed by atoms with E-state index >= 15 is 0 Å². The van der Waals surface area contributed by atoms with E-state index in [1.807, 2.05) is 0 Å². The van der Waals surface area contributed by atoms with Crippen LogP contribution < -0.4 is 5.32 Å². The van der Waals surface area contributed by atoms with Gasteiger partial charge in [-0.2, -0.15) is 23.4 Å². The standard InChI is InChI=1S/C27H28F5N7O6/c1-2-37-17(7-10-33-37)21(40)35-20(14-5-8-26(28,29)9-6-14)16-13-38-19(34-16)4-3-15(36-38)11-25(23(42)43)12-18(27(30,31)32)39(22(25)41)24(44)45/h3-4,7,10,13-14,18,20H,2,5-6,8-9,11-12H2,1H3,(H,35,40)(H,42,43)(H,44,45)/t18-,20+,25?/m1/s1. The number of aromatic nitrogens is 5. The van der Waals surface area contributed by atoms with Crippen molar-refractivity contribution < 1.29 is 51.3 Å². The molecule has 3 atom stereocenters. The summed E-state index contributed by atoms with van der Waals surface area (Å²) in [4.78, 5) is 53.9. The number of aliphatic carboxylic acids is 1. The molecule has 5 rings (SSSR count). The molecule has 45 heavy (non-hydrogen) atoms. The Bertz CT molecular complexity index is 1650. The van der Waals surface area contributed by atoms with E-state index < -0.39 is 90.0 Å². The van der Waals surface area contributed by atoms with Gasteiger partial charge in [-0.1, -0.05) is 0 Å². The Balaban J connectivity index is 1.48. The Labute approximate surface area is 251 Å². The van der Waals surface area contributed by atoms with Gasteiger partial charge in [0.05, 0.1) is 23.6 Å². The number of hydrogen-bond acceptors (Lipinski definition) is 7. The van der Waals surface area contributed by atoms with Gasteiger partial charge in [-0.25, -0.2) is 28.0 Å². The van der Waals surface area contributed by atoms with Crippen molar-refractivity contribution in [3.8, 4) is 0 Å². The largest absolute Gasteiger partial charge is 0.480 e. The zero-order valence-corrected chi connectivity index (χ0v) is 23.7. The van der Waals surface area contributed by atoms with Crippen LogP contribution in [0, 0.1) is 11.3 Å². The third-order valence-electron chi connectivity index (χ3n) is 8.44. The number of hydrogen-bond donors (Lipinski definition) is 3. The van der Waals surface area contributed by atoms with Crippen LogP contribution in [0.4, 0.5) is 26.7 Å². The van der Waals surface area contributed by atoms with E-state index in [4.69, 9.17) is 0 Å². The second-order valence-corrected chi connectivity index (χ2v) is 11.3. The second-order valence-electron chi connectivity index (χ2n) is 11.3. The predicted molar refractivity (Wildman–Crippen MR) is 141 cm³/mol. The highest BCUT2D eigenvalue weighted by Gasteiger charge is 2.65. The lowest BCUT2D eigenvalue weighted by atomic mass is 9.80. The number of imidazole rings is 1. The van der Waals surface area contributed by atoms with Crippen molar-refractivity contribution in [2.75, 3.05) is 0 Å². The Hall–Kier alpha value is -4.64. The lowest BCUT2D eigenvalue weighted by Crippen LogP contribution is -2.47. The fourth-order valence-corrected chi connectivity index (χ4v) is 6.08. The van der Waals surface area contributed by atoms with Gasteiger partial charge in [-0.05, 0) is 43.9 Å². The van der Waals surface area contributed by atoms with E-state index in [2.05, 4.69) is 20.5 Å². The quantitative estimate of drug-likeness (QED) is 0.245. The molecule has 242 valence electrons. The van der Waals surface area contributed by atoms with Gasteiger partial charge in [-0.15, -0.1) is 0 Å². The molecule has 1 unspecified atom stereocenters. The van der Waals surface area contributed by atoms with Gasteiger partial charge in [-0.3, -0.25) is 19.1 Å². The molecule has 3 amide bonds. The number of imide groups is 1. The fourth-order valence-electron chi connectivity index (χ4n) is 6.08. The summed E-state index contributed by atoms with van der Waals surface area (Å²) in [6.45, 7) is 2.18. The summed E-state index contributed by atoms with van der Waals surface area (Å²) in [5, 5.41) is 30.4. The maximum atomic E-state index is 14.0. The molecular formula is C27H28F5N7O6. The van der Waals surface area contributed by atoms with Gasteiger partial charge in [0.1, 0.15) is 11.7 Å². The molecule has 0 aromatic carbocycles. The summed E-state index contributed by atoms with van der Waals surface area (Å²) in [5.74, 6) is -7.49. The molecule has 3 N–H and O–H groups in total. The van der Waals surface area contributed by atoms with E-state index in [0.717, 1.165) is 0 Å². The number of carbonyl (C=O) groups is 4. The number of halogens is 5. The van der Waals surface area contributed by atoms with Crippen LogP contribution in [0.5, 0.6) is 0 Å². The number of amides is 3. The number of aryl methyl sites for hydroxylation is 1. The molecule has 18 heteroatoms. The van der Waals surface area contributed by atoms with Gasteiger partial charge in [0, 0.05) is 38.4 Å². The summed E-state index contributed by atoms with van der Waals surface area (Å²) in [7, 11) is 0. The van der Waals surface area contributed by atoms with Crippen LogP contribution in [-0.4, -0.2) is 81.5 Å². The molecule has 2 fully saturated rings. The average Bonchev–Trinajstić information content (AvgIpc) is 3.67. The first kappa shape index (κ1) is 31.8. The maximum absolute atomic E-state index is 14.0. The number of nitrogens with one attached hydrogen (secondary N) is 1. The molecule has 0 spiro atoms. The molecule has 0 radical (unpaired) electrons. The summed E-state index contributed by atoms with van der Waals surface area (Å²) >= 11 is 0. The van der Waals surface area contributed by atoms with E-state index in [-0.39, 0.29) is 35.6 Å². The number of carboxylic acid groups (broad SMARTS) is 2. The van der Waals surface area contributed by atoms with Crippen molar-refractivity contribution in [3.05, 3.63) is 47.7 Å². The molecular weight excluding hydrogens is 613 g/mol. The highest BCUT2D eigenvalue weighted by molar-refractivity contribution is 6.09. The maximum Gasteiger partial charge on any atom is 0.414 e. The number of rotatable bonds is 8. The average molecular weight is 642 g/mol. The third kappa shape index (κ3) is 5.92. The van der Waals surface area contributed by atoms with Crippen LogP contribution in [0.25, 0.3) is 5.65 Å². The third-order valence-corrected chi connectivity index (χ3v) is 8.44. The highest BCUT2D eigenvalue weighted by Crippen LogP contribution is 2.45. The number of carboxylic acids is 1. The van der Waals surface area contributed by atoms with Crippen molar-refractivity contribution >= 4 is 29.5 Å². The minimum Gasteiger partial charge on any atom is -0.480 e. The number of fused-ring (bicyclic) bond motifs is 1. The van der Waals surface area contributed by atoms with Crippen LogP contribution in [0.3, 0.4) is 0 Å². The Morgan fingerprint density at radius 3 is 2.40 bits per heavy atom. The van der Waals surface area contributed by atoms with Gasteiger partial charge >= 0.3 is 18.2 Å². The molecule has 2 aliphatic rings. The monoisotopic (exact) mass is 641 g/mol. The van der Waals surface area contributed by atoms with Crippen molar-refractivity contribution in [2.45, 2.75) is 76.2 Å². The molecule has 3 aromatic rings. The molecule has 3 aromatic heterocycles. The lowest BCUT2D eigenvalue weighted by molar-refractivity contribution is -0.175. The van der Waals surface area contributed by atoms with Crippen LogP contribution in [-0.2, 0) is 22.6 Å². The van der Waals surface area contributed by atoms with E-state index in [9.17, 15) is 51.3 Å². The van der Waals surface area contributed by atoms with Crippen molar-refractivity contribution in [1.82, 2.24) is 34.6 Å². The van der Waals surface area contributed by atoms with Crippen molar-refractivity contribution in [3.63, 3.8) is 0 Å². The van der Waals surface area contributed by atoms with Crippen LogP contribution >= 0.6 is 0 Å². The molecule has 4 heterocycles. The SMILES string of the molecule is CCn1nccc1C(=O)N[C@H](c1cn2nc(CC3(C(=O)O)C[C@H](C(F)(F)F)N(C(=O)O)C3=O)ccc2n1)C1CCC(F)(F)CC1. The summed E-state index contributed by atoms with van der Waals surface area (Å²) < 4.78 is 71.5. The summed E-state index contributed by atoms with van der Waals surface area (Å²) in [6.07, 6.45) is -7.49. The summed E-state index contributed by atoms with van der Waals surface area (Å²) in [5.41, 5.74) is -2.27. The van der Waals surface area contributed by atoms with Crippen LogP contribution in [0.15, 0.2) is 30.6 Å². The number of carbonyl (C=O) groups excluding carboxylic acids is 2. The zero-order chi connectivity index (χ0) is 32.9. The number of likely N-dealkylation sites (tertiary alicyclic amines) is 1. The molecule has 13 nitrogen and oxygen atoms in total. The summed E-state index contributed by atoms with van der Waals surface area (Å²) in [6, 6.07) is 0.387. The van der Waals surface area contributed by atoms with Gasteiger partial charge < -0.3 is 15.5 Å². The van der Waals surface area contributed by atoms with Crippen molar-refractivity contribution in [2.24, 2.45) is 11.3 Å². The Morgan fingerprint density at radius 1 is 1.13 bits per heavy atom. The number of alkyl halides is 5. The fraction of sp³-hybridized carbons (Fsp3) is 0.519. The van der Waals surface area contributed by atoms with Crippen LogP contribution in [0.2, 0.25) is 0 Å². The van der Waals surface area contributed by atoms with E-state index in [1.54, 1.807) is 6.92 Å². The predicted octanol–water partition coefficient (Wildman–Crippen LogP) is 3.70. The number of nitrogens with zero attached hydrogens (tertiary/aromatic N) is 6. The lowest BCUT2D eigenvalue weighted by Gasteiger charge is -2.33. The molecule has 1 saturated heterocycles. The molecule has 0 bridgehead atoms. The van der Waals surface area contributed by atoms with Crippen LogP contribution in [0.1, 0.15) is 66.9 Å². The van der Waals surface area contributed by atoms with Gasteiger partial charge in [0.25, 0.3) is 5.91 Å². The van der Waals surface area contributed by atoms with E-state index in [0.29, 0.717) is 6.54 Å².